The summed E-state index contributed by atoms with van der Waals surface area (Å²) in [5.74, 6) is 0.122. The Morgan fingerprint density at radius 1 is 1.11 bits per heavy atom. The first kappa shape index (κ1) is 14.1. The zero-order chi connectivity index (χ0) is 13.7. The maximum Gasteiger partial charge on any atom is 0.309 e. The lowest BCUT2D eigenvalue weighted by Gasteiger charge is -2.28. The molecule has 2 nitrogen and oxygen atoms in total. The summed E-state index contributed by atoms with van der Waals surface area (Å²) < 4.78 is 5.60. The van der Waals surface area contributed by atoms with E-state index in [4.69, 9.17) is 4.74 Å². The number of cyclic esters (lactones) is 1. The molecule has 2 heteroatoms. The highest BCUT2D eigenvalue weighted by molar-refractivity contribution is 5.73. The van der Waals surface area contributed by atoms with Crippen molar-refractivity contribution in [1.29, 1.82) is 0 Å². The van der Waals surface area contributed by atoms with Crippen LogP contribution in [0, 0.1) is 5.92 Å². The van der Waals surface area contributed by atoms with Gasteiger partial charge < -0.3 is 4.74 Å². The number of aryl methyl sites for hydroxylation is 1. The summed E-state index contributed by atoms with van der Waals surface area (Å²) in [5, 5.41) is 0. The highest BCUT2D eigenvalue weighted by atomic mass is 16.5. The monoisotopic (exact) mass is 260 g/mol. The van der Waals surface area contributed by atoms with Crippen molar-refractivity contribution in [1.82, 2.24) is 0 Å². The fourth-order valence-electron chi connectivity index (χ4n) is 2.80. The fraction of sp³-hybridized carbons (Fsp3) is 0.588. The van der Waals surface area contributed by atoms with Crippen LogP contribution in [0.2, 0.25) is 0 Å². The van der Waals surface area contributed by atoms with E-state index >= 15 is 0 Å². The highest BCUT2D eigenvalue weighted by Crippen LogP contribution is 2.33. The van der Waals surface area contributed by atoms with E-state index in [1.54, 1.807) is 0 Å². The number of rotatable bonds is 5. The zero-order valence-corrected chi connectivity index (χ0v) is 12.0. The first-order valence-electron chi connectivity index (χ1n) is 7.54. The van der Waals surface area contributed by atoms with E-state index in [1.807, 2.05) is 0 Å². The largest absolute Gasteiger partial charge is 0.457 e. The van der Waals surface area contributed by atoms with Crippen LogP contribution in [0.25, 0.3) is 0 Å². The predicted molar refractivity (Wildman–Crippen MR) is 76.9 cm³/mol. The Balaban J connectivity index is 1.98. The van der Waals surface area contributed by atoms with Gasteiger partial charge in [-0.05, 0) is 36.8 Å². The van der Waals surface area contributed by atoms with E-state index in [9.17, 15) is 4.79 Å². The molecule has 0 spiro atoms. The van der Waals surface area contributed by atoms with E-state index in [0.717, 1.165) is 44.1 Å². The normalized spacial score (nSPS) is 23.2. The second kappa shape index (κ2) is 6.74. The molecule has 0 saturated carbocycles. The van der Waals surface area contributed by atoms with E-state index < -0.39 is 0 Å². The summed E-state index contributed by atoms with van der Waals surface area (Å²) in [6.07, 6.45) is 6.19. The molecule has 0 amide bonds. The highest BCUT2D eigenvalue weighted by Gasteiger charge is 2.30. The van der Waals surface area contributed by atoms with Crippen molar-refractivity contribution < 1.29 is 9.53 Å². The summed E-state index contributed by atoms with van der Waals surface area (Å²) in [7, 11) is 0. The number of hydrogen-bond acceptors (Lipinski definition) is 2. The zero-order valence-electron chi connectivity index (χ0n) is 12.0. The summed E-state index contributed by atoms with van der Waals surface area (Å²) in [6, 6.07) is 8.54. The Morgan fingerprint density at radius 3 is 2.42 bits per heavy atom. The molecule has 104 valence electrons. The Kier molecular flexibility index (Phi) is 5.00. The SMILES string of the molecule is CCCc1ccc(C2CCC(CCC)C(=O)O2)cc1. The number of carbonyl (C=O) groups excluding carboxylic acids is 1. The molecule has 1 aliphatic rings. The molecule has 2 unspecified atom stereocenters. The summed E-state index contributed by atoms with van der Waals surface area (Å²) in [6.45, 7) is 4.30. The van der Waals surface area contributed by atoms with Crippen LogP contribution in [-0.4, -0.2) is 5.97 Å². The van der Waals surface area contributed by atoms with Crippen molar-refractivity contribution in [2.75, 3.05) is 0 Å². The topological polar surface area (TPSA) is 26.3 Å². The molecular weight excluding hydrogens is 236 g/mol. The quantitative estimate of drug-likeness (QED) is 0.732. The van der Waals surface area contributed by atoms with Crippen LogP contribution in [-0.2, 0) is 16.0 Å². The number of benzene rings is 1. The molecule has 0 aliphatic carbocycles. The Hall–Kier alpha value is -1.31. The lowest BCUT2D eigenvalue weighted by Crippen LogP contribution is -2.26. The average Bonchev–Trinajstić information content (AvgIpc) is 2.43. The molecule has 0 N–H and O–H groups in total. The summed E-state index contributed by atoms with van der Waals surface area (Å²) >= 11 is 0. The second-order valence-electron chi connectivity index (χ2n) is 5.48. The van der Waals surface area contributed by atoms with Crippen LogP contribution in [0.3, 0.4) is 0 Å². The van der Waals surface area contributed by atoms with Gasteiger partial charge in [0.25, 0.3) is 0 Å². The van der Waals surface area contributed by atoms with E-state index in [0.29, 0.717) is 0 Å². The van der Waals surface area contributed by atoms with Crippen LogP contribution < -0.4 is 0 Å². The molecule has 0 radical (unpaired) electrons. The standard InChI is InChI=1S/C17H24O2/c1-3-5-13-7-9-14(10-8-13)16-12-11-15(6-4-2)17(18)19-16/h7-10,15-16H,3-6,11-12H2,1-2H3. The second-order valence-corrected chi connectivity index (χ2v) is 5.48. The molecule has 19 heavy (non-hydrogen) atoms. The van der Waals surface area contributed by atoms with E-state index in [-0.39, 0.29) is 18.0 Å². The van der Waals surface area contributed by atoms with Crippen molar-refractivity contribution in [3.05, 3.63) is 35.4 Å². The van der Waals surface area contributed by atoms with Gasteiger partial charge in [0.2, 0.25) is 0 Å². The molecule has 0 aromatic heterocycles. The van der Waals surface area contributed by atoms with Crippen molar-refractivity contribution in [2.45, 2.75) is 58.5 Å². The third-order valence-electron chi connectivity index (χ3n) is 3.90. The minimum atomic E-state index is -0.0312. The van der Waals surface area contributed by atoms with Gasteiger partial charge in [0.05, 0.1) is 5.92 Å². The van der Waals surface area contributed by atoms with Crippen LogP contribution in [0.5, 0.6) is 0 Å². The minimum Gasteiger partial charge on any atom is -0.457 e. The predicted octanol–water partition coefficient (Wildman–Crippen LogP) is 4.43. The maximum atomic E-state index is 11.9. The maximum absolute atomic E-state index is 11.9. The van der Waals surface area contributed by atoms with Crippen LogP contribution >= 0.6 is 0 Å². The Morgan fingerprint density at radius 2 is 1.84 bits per heavy atom. The van der Waals surface area contributed by atoms with Gasteiger partial charge in [-0.1, -0.05) is 51.0 Å². The molecule has 1 aromatic carbocycles. The molecular formula is C17H24O2. The van der Waals surface area contributed by atoms with Crippen molar-refractivity contribution in [3.63, 3.8) is 0 Å². The van der Waals surface area contributed by atoms with Gasteiger partial charge in [-0.15, -0.1) is 0 Å². The van der Waals surface area contributed by atoms with Crippen LogP contribution in [0.4, 0.5) is 0 Å². The third kappa shape index (κ3) is 3.59. The summed E-state index contributed by atoms with van der Waals surface area (Å²) in [5.41, 5.74) is 2.50. The molecule has 2 rings (SSSR count). The van der Waals surface area contributed by atoms with Crippen LogP contribution in [0.1, 0.15) is 63.2 Å². The Bertz CT molecular complexity index is 408. The minimum absolute atomic E-state index is 0.00395. The van der Waals surface area contributed by atoms with Gasteiger partial charge in [0.15, 0.2) is 0 Å². The lowest BCUT2D eigenvalue weighted by atomic mass is 9.91. The molecule has 1 fully saturated rings. The van der Waals surface area contributed by atoms with E-state index in [1.165, 1.54) is 5.56 Å². The van der Waals surface area contributed by atoms with E-state index in [2.05, 4.69) is 38.1 Å². The van der Waals surface area contributed by atoms with Gasteiger partial charge in [-0.25, -0.2) is 0 Å². The van der Waals surface area contributed by atoms with Crippen LogP contribution in [0.15, 0.2) is 24.3 Å². The summed E-state index contributed by atoms with van der Waals surface area (Å²) in [4.78, 5) is 11.9. The first-order valence-corrected chi connectivity index (χ1v) is 7.54. The number of hydrogen-bond donors (Lipinski definition) is 0. The number of carbonyl (C=O) groups is 1. The van der Waals surface area contributed by atoms with Gasteiger partial charge >= 0.3 is 5.97 Å². The Labute approximate surface area is 116 Å². The molecule has 2 atom stereocenters. The van der Waals surface area contributed by atoms with Crippen molar-refractivity contribution >= 4 is 5.97 Å². The van der Waals surface area contributed by atoms with Gasteiger partial charge in [0.1, 0.15) is 6.10 Å². The van der Waals surface area contributed by atoms with Gasteiger partial charge in [-0.3, -0.25) is 4.79 Å². The molecule has 0 bridgehead atoms. The molecule has 1 saturated heterocycles. The lowest BCUT2D eigenvalue weighted by molar-refractivity contribution is -0.161. The molecule has 1 heterocycles. The average molecular weight is 260 g/mol. The number of ether oxygens (including phenoxy) is 1. The number of esters is 1. The molecule has 1 aliphatic heterocycles. The third-order valence-corrected chi connectivity index (χ3v) is 3.90. The first-order chi connectivity index (χ1) is 9.24. The van der Waals surface area contributed by atoms with Gasteiger partial charge in [0, 0.05) is 0 Å². The van der Waals surface area contributed by atoms with Gasteiger partial charge in [-0.2, -0.15) is 0 Å². The molecule has 1 aromatic rings. The smallest absolute Gasteiger partial charge is 0.309 e. The fourth-order valence-corrected chi connectivity index (χ4v) is 2.80. The van der Waals surface area contributed by atoms with Crippen molar-refractivity contribution in [3.8, 4) is 0 Å². The van der Waals surface area contributed by atoms with Crippen molar-refractivity contribution in [2.24, 2.45) is 5.92 Å².